The van der Waals surface area contributed by atoms with Gasteiger partial charge in [-0.15, -0.1) is 0 Å². The minimum Gasteiger partial charge on any atom is -0.294 e. The van der Waals surface area contributed by atoms with Gasteiger partial charge in [0.25, 0.3) is 0 Å². The summed E-state index contributed by atoms with van der Waals surface area (Å²) in [4.78, 5) is 11.9. The maximum absolute atomic E-state index is 12.8. The normalized spacial score (nSPS) is 16.9. The lowest BCUT2D eigenvalue weighted by Crippen LogP contribution is -2.25. The fourth-order valence-electron chi connectivity index (χ4n) is 2.06. The Kier molecular flexibility index (Phi) is 3.56. The summed E-state index contributed by atoms with van der Waals surface area (Å²) >= 11 is 0. The Morgan fingerprint density at radius 1 is 1.00 bits per heavy atom. The van der Waals surface area contributed by atoms with Crippen LogP contribution in [0.15, 0.2) is 18.2 Å². The number of carbonyl (C=O) groups excluding carboxylic acids is 1. The largest absolute Gasteiger partial charge is 0.417 e. The van der Waals surface area contributed by atoms with Gasteiger partial charge in [0.05, 0.1) is 11.1 Å². The molecule has 0 heterocycles. The van der Waals surface area contributed by atoms with Gasteiger partial charge >= 0.3 is 12.4 Å². The average Bonchev–Trinajstić information content (AvgIpc) is 2.23. The Balaban J connectivity index is 2.48. The molecule has 1 aliphatic carbocycles. The van der Waals surface area contributed by atoms with E-state index < -0.39 is 40.7 Å². The van der Waals surface area contributed by atoms with Crippen LogP contribution in [0.5, 0.6) is 0 Å². The van der Waals surface area contributed by atoms with Crippen LogP contribution in [0.4, 0.5) is 26.3 Å². The third-order valence-corrected chi connectivity index (χ3v) is 3.39. The molecule has 1 saturated carbocycles. The molecule has 0 saturated heterocycles. The highest BCUT2D eigenvalue weighted by Gasteiger charge is 2.40. The first-order valence-corrected chi connectivity index (χ1v) is 5.93. The van der Waals surface area contributed by atoms with Crippen molar-refractivity contribution in [2.75, 3.05) is 0 Å². The van der Waals surface area contributed by atoms with E-state index >= 15 is 0 Å². The summed E-state index contributed by atoms with van der Waals surface area (Å²) < 4.78 is 75.9. The monoisotopic (exact) mass is 296 g/mol. The number of carbonyl (C=O) groups is 1. The lowest BCUT2D eigenvalue weighted by atomic mass is 9.79. The number of alkyl halides is 6. The Bertz CT molecular complexity index is 525. The first kappa shape index (κ1) is 14.9. The molecule has 1 nitrogen and oxygen atoms in total. The van der Waals surface area contributed by atoms with E-state index in [9.17, 15) is 31.1 Å². The van der Waals surface area contributed by atoms with Crippen molar-refractivity contribution in [1.82, 2.24) is 0 Å². The van der Waals surface area contributed by atoms with Gasteiger partial charge in [-0.05, 0) is 25.0 Å². The fraction of sp³-hybridized carbons (Fsp3) is 0.462. The highest BCUT2D eigenvalue weighted by atomic mass is 19.4. The highest BCUT2D eigenvalue weighted by molar-refractivity contribution is 5.99. The Morgan fingerprint density at radius 2 is 1.60 bits per heavy atom. The van der Waals surface area contributed by atoms with Crippen molar-refractivity contribution in [3.8, 4) is 0 Å². The van der Waals surface area contributed by atoms with Crippen molar-refractivity contribution in [3.05, 3.63) is 34.9 Å². The fourth-order valence-corrected chi connectivity index (χ4v) is 2.06. The van der Waals surface area contributed by atoms with Gasteiger partial charge in [0.15, 0.2) is 5.78 Å². The molecule has 1 aromatic carbocycles. The maximum Gasteiger partial charge on any atom is 0.417 e. The second-order valence-electron chi connectivity index (χ2n) is 4.75. The molecule has 0 aliphatic heterocycles. The van der Waals surface area contributed by atoms with Crippen LogP contribution < -0.4 is 0 Å². The molecule has 0 amide bonds. The van der Waals surface area contributed by atoms with Crippen LogP contribution in [-0.2, 0) is 12.4 Å². The summed E-state index contributed by atoms with van der Waals surface area (Å²) in [6, 6.07) is 1.15. The van der Waals surface area contributed by atoms with Crippen molar-refractivity contribution in [2.24, 2.45) is 5.92 Å². The molecule has 1 fully saturated rings. The second kappa shape index (κ2) is 4.79. The number of Topliss-reactive ketones (excluding diaryl/α,β-unsaturated/α-hetero) is 1. The Hall–Kier alpha value is -1.53. The van der Waals surface area contributed by atoms with Crippen LogP contribution in [-0.4, -0.2) is 5.78 Å². The van der Waals surface area contributed by atoms with Crippen LogP contribution in [0.3, 0.4) is 0 Å². The van der Waals surface area contributed by atoms with Crippen molar-refractivity contribution < 1.29 is 31.1 Å². The number of rotatable bonds is 2. The minimum absolute atomic E-state index is 0.00585. The summed E-state index contributed by atoms with van der Waals surface area (Å²) in [5, 5.41) is 0. The molecule has 20 heavy (non-hydrogen) atoms. The number of benzene rings is 1. The van der Waals surface area contributed by atoms with Crippen LogP contribution in [0.1, 0.15) is 40.7 Å². The van der Waals surface area contributed by atoms with Crippen molar-refractivity contribution >= 4 is 5.78 Å². The lowest BCUT2D eigenvalue weighted by Gasteiger charge is -2.25. The van der Waals surface area contributed by atoms with Gasteiger partial charge < -0.3 is 0 Å². The Labute approximate surface area is 110 Å². The third kappa shape index (κ3) is 2.81. The van der Waals surface area contributed by atoms with E-state index in [0.29, 0.717) is 25.0 Å². The van der Waals surface area contributed by atoms with Gasteiger partial charge in [-0.2, -0.15) is 26.3 Å². The molecule has 0 bridgehead atoms. The average molecular weight is 296 g/mol. The molecule has 0 N–H and O–H groups in total. The molecule has 0 radical (unpaired) electrons. The van der Waals surface area contributed by atoms with E-state index in [2.05, 4.69) is 0 Å². The molecule has 0 spiro atoms. The third-order valence-electron chi connectivity index (χ3n) is 3.39. The summed E-state index contributed by atoms with van der Waals surface area (Å²) in [7, 11) is 0. The van der Waals surface area contributed by atoms with E-state index in [1.807, 2.05) is 0 Å². The first-order chi connectivity index (χ1) is 9.10. The summed E-state index contributed by atoms with van der Waals surface area (Å²) in [5.74, 6) is -1.23. The standard InChI is InChI=1S/C13H10F6O/c14-12(15,16)8-4-5-9(10(6-8)13(17,18)19)11(20)7-2-1-3-7/h4-7H,1-3H2. The van der Waals surface area contributed by atoms with Crippen LogP contribution >= 0.6 is 0 Å². The molecule has 0 atom stereocenters. The molecule has 1 aromatic rings. The molecular formula is C13H10F6O. The molecule has 0 aromatic heterocycles. The molecule has 110 valence electrons. The Morgan fingerprint density at radius 3 is 2.00 bits per heavy atom. The van der Waals surface area contributed by atoms with Gasteiger partial charge in [-0.3, -0.25) is 4.79 Å². The summed E-state index contributed by atoms with van der Waals surface area (Å²) in [6.07, 6.45) is -8.15. The van der Waals surface area contributed by atoms with Crippen LogP contribution in [0.25, 0.3) is 0 Å². The quantitative estimate of drug-likeness (QED) is 0.570. The van der Waals surface area contributed by atoms with Crippen LogP contribution in [0.2, 0.25) is 0 Å². The maximum atomic E-state index is 12.8. The number of hydrogen-bond acceptors (Lipinski definition) is 1. The van der Waals surface area contributed by atoms with Gasteiger partial charge in [0, 0.05) is 11.5 Å². The zero-order valence-electron chi connectivity index (χ0n) is 10.1. The van der Waals surface area contributed by atoms with Gasteiger partial charge in [0.1, 0.15) is 0 Å². The van der Waals surface area contributed by atoms with E-state index in [-0.39, 0.29) is 6.07 Å². The van der Waals surface area contributed by atoms with Crippen molar-refractivity contribution in [1.29, 1.82) is 0 Å². The lowest BCUT2D eigenvalue weighted by molar-refractivity contribution is -0.143. The van der Waals surface area contributed by atoms with Gasteiger partial charge in [-0.25, -0.2) is 0 Å². The summed E-state index contributed by atoms with van der Waals surface area (Å²) in [6.45, 7) is 0. The highest BCUT2D eigenvalue weighted by Crippen LogP contribution is 2.39. The predicted octanol–water partition coefficient (Wildman–Crippen LogP) is 4.71. The molecule has 0 unspecified atom stereocenters. The summed E-state index contributed by atoms with van der Waals surface area (Å²) in [5.41, 5.74) is -3.59. The SMILES string of the molecule is O=C(c1ccc(C(F)(F)F)cc1C(F)(F)F)C1CCC1. The molecule has 2 rings (SSSR count). The smallest absolute Gasteiger partial charge is 0.294 e. The zero-order chi connectivity index (χ0) is 15.1. The topological polar surface area (TPSA) is 17.1 Å². The van der Waals surface area contributed by atoms with E-state index in [0.717, 1.165) is 6.42 Å². The molecule has 1 aliphatic rings. The van der Waals surface area contributed by atoms with Gasteiger partial charge in [-0.1, -0.05) is 12.5 Å². The molecule has 7 heteroatoms. The second-order valence-corrected chi connectivity index (χ2v) is 4.75. The van der Waals surface area contributed by atoms with E-state index in [4.69, 9.17) is 0 Å². The number of ketones is 1. The zero-order valence-corrected chi connectivity index (χ0v) is 10.1. The number of halogens is 6. The van der Waals surface area contributed by atoms with E-state index in [1.54, 1.807) is 0 Å². The molecular weight excluding hydrogens is 286 g/mol. The minimum atomic E-state index is -4.99. The van der Waals surface area contributed by atoms with Crippen LogP contribution in [0, 0.1) is 5.92 Å². The number of hydrogen-bond donors (Lipinski definition) is 0. The van der Waals surface area contributed by atoms with Gasteiger partial charge in [0.2, 0.25) is 0 Å². The first-order valence-electron chi connectivity index (χ1n) is 5.93. The van der Waals surface area contributed by atoms with E-state index in [1.165, 1.54) is 0 Å². The van der Waals surface area contributed by atoms with Crippen molar-refractivity contribution in [2.45, 2.75) is 31.6 Å². The van der Waals surface area contributed by atoms with Crippen molar-refractivity contribution in [3.63, 3.8) is 0 Å². The predicted molar refractivity (Wildman–Crippen MR) is 58.1 cm³/mol.